The minimum Gasteiger partial charge on any atom is -0.460 e. The second-order valence-electron chi connectivity index (χ2n) is 4.67. The van der Waals surface area contributed by atoms with Crippen LogP contribution in [0.3, 0.4) is 0 Å². The van der Waals surface area contributed by atoms with E-state index >= 15 is 0 Å². The van der Waals surface area contributed by atoms with Crippen LogP contribution in [0.1, 0.15) is 55.7 Å². The molecule has 2 rings (SSSR count). The Morgan fingerprint density at radius 1 is 1.38 bits per heavy atom. The van der Waals surface area contributed by atoms with Gasteiger partial charge in [-0.1, -0.05) is 13.8 Å². The Morgan fingerprint density at radius 2 is 2.14 bits per heavy atom. The van der Waals surface area contributed by atoms with Crippen LogP contribution in [0.25, 0.3) is 0 Å². The minimum absolute atomic E-state index is 0.212. The Bertz CT molecular complexity index is 660. The number of nitriles is 1. The summed E-state index contributed by atoms with van der Waals surface area (Å²) < 4.78 is 11.0. The zero-order valence-electron chi connectivity index (χ0n) is 12.4. The molecule has 0 fully saturated rings. The molecule has 0 amide bonds. The van der Waals surface area contributed by atoms with Crippen LogP contribution in [0, 0.1) is 18.3 Å². The van der Waals surface area contributed by atoms with E-state index in [1.54, 1.807) is 0 Å². The summed E-state index contributed by atoms with van der Waals surface area (Å²) in [6.07, 6.45) is 3.35. The number of furan rings is 1. The number of hydrogen-bond acceptors (Lipinski definition) is 6. The van der Waals surface area contributed by atoms with E-state index < -0.39 is 0 Å². The van der Waals surface area contributed by atoms with Crippen molar-refractivity contribution in [2.24, 2.45) is 5.10 Å². The molecule has 0 unspecified atom stereocenters. The van der Waals surface area contributed by atoms with Crippen molar-refractivity contribution in [1.29, 1.82) is 5.26 Å². The number of anilines is 1. The van der Waals surface area contributed by atoms with E-state index in [0.717, 1.165) is 18.6 Å². The predicted molar refractivity (Wildman–Crippen MR) is 79.2 cm³/mol. The Kier molecular flexibility index (Phi) is 4.77. The molecule has 0 spiro atoms. The highest BCUT2D eigenvalue weighted by Crippen LogP contribution is 2.27. The highest BCUT2D eigenvalue weighted by Gasteiger charge is 2.18. The molecule has 2 aromatic heterocycles. The number of aromatic nitrogens is 1. The second-order valence-corrected chi connectivity index (χ2v) is 4.67. The summed E-state index contributed by atoms with van der Waals surface area (Å²) in [5.74, 6) is 2.48. The first-order chi connectivity index (χ1) is 10.2. The first kappa shape index (κ1) is 14.9. The van der Waals surface area contributed by atoms with Gasteiger partial charge in [0.25, 0.3) is 5.88 Å². The predicted octanol–water partition coefficient (Wildman–Crippen LogP) is 3.80. The zero-order valence-corrected chi connectivity index (χ0v) is 12.4. The number of rotatable bonds is 6. The van der Waals surface area contributed by atoms with Gasteiger partial charge in [0.2, 0.25) is 11.6 Å². The molecule has 2 aromatic rings. The minimum atomic E-state index is 0.212. The molecule has 0 aliphatic carbocycles. The van der Waals surface area contributed by atoms with E-state index in [9.17, 15) is 0 Å². The summed E-state index contributed by atoms with van der Waals surface area (Å²) in [7, 11) is 0. The van der Waals surface area contributed by atoms with Gasteiger partial charge in [0, 0.05) is 5.92 Å². The maximum atomic E-state index is 9.10. The van der Waals surface area contributed by atoms with Crippen LogP contribution < -0.4 is 5.43 Å². The second kappa shape index (κ2) is 6.75. The molecule has 0 bridgehead atoms. The fourth-order valence-corrected chi connectivity index (χ4v) is 1.98. The lowest BCUT2D eigenvalue weighted by atomic mass is 10.0. The van der Waals surface area contributed by atoms with Gasteiger partial charge in [0.1, 0.15) is 17.6 Å². The molecule has 6 heteroatoms. The fraction of sp³-hybridized carbons (Fsp3) is 0.400. The van der Waals surface area contributed by atoms with E-state index in [1.807, 2.05) is 25.1 Å². The van der Waals surface area contributed by atoms with Crippen LogP contribution in [-0.2, 0) is 0 Å². The van der Waals surface area contributed by atoms with Gasteiger partial charge in [-0.2, -0.15) is 10.4 Å². The van der Waals surface area contributed by atoms with Crippen molar-refractivity contribution in [1.82, 2.24) is 4.98 Å². The van der Waals surface area contributed by atoms with Gasteiger partial charge in [-0.05, 0) is 31.9 Å². The fourth-order valence-electron chi connectivity index (χ4n) is 1.98. The van der Waals surface area contributed by atoms with Crippen molar-refractivity contribution in [3.8, 4) is 6.07 Å². The van der Waals surface area contributed by atoms with E-state index in [4.69, 9.17) is 14.1 Å². The van der Waals surface area contributed by atoms with E-state index in [2.05, 4.69) is 29.4 Å². The van der Waals surface area contributed by atoms with Crippen LogP contribution in [0.4, 0.5) is 5.88 Å². The number of nitrogens with zero attached hydrogens (tertiary/aromatic N) is 3. The molecular formula is C15H18N4O2. The maximum absolute atomic E-state index is 9.10. The highest BCUT2D eigenvalue weighted by atomic mass is 16.4. The topological polar surface area (TPSA) is 87.4 Å². The number of oxazole rings is 1. The maximum Gasteiger partial charge on any atom is 0.252 e. The molecule has 21 heavy (non-hydrogen) atoms. The van der Waals surface area contributed by atoms with Crippen molar-refractivity contribution < 1.29 is 8.83 Å². The van der Waals surface area contributed by atoms with Gasteiger partial charge >= 0.3 is 0 Å². The Hall–Kier alpha value is -2.55. The lowest BCUT2D eigenvalue weighted by Crippen LogP contribution is -1.95. The molecule has 0 aliphatic heterocycles. The molecule has 6 nitrogen and oxygen atoms in total. The lowest BCUT2D eigenvalue weighted by molar-refractivity contribution is 0.439. The third-order valence-corrected chi connectivity index (χ3v) is 3.20. The molecular weight excluding hydrogens is 268 g/mol. The third kappa shape index (κ3) is 3.51. The van der Waals surface area contributed by atoms with E-state index in [-0.39, 0.29) is 17.5 Å². The number of hydrazone groups is 1. The van der Waals surface area contributed by atoms with E-state index in [0.29, 0.717) is 11.7 Å². The van der Waals surface area contributed by atoms with Crippen LogP contribution >= 0.6 is 0 Å². The monoisotopic (exact) mass is 286 g/mol. The normalized spacial score (nSPS) is 11.2. The van der Waals surface area contributed by atoms with Crippen molar-refractivity contribution in [3.05, 3.63) is 35.2 Å². The average Bonchev–Trinajstić information content (AvgIpc) is 3.07. The quantitative estimate of drug-likeness (QED) is 0.644. The van der Waals surface area contributed by atoms with Crippen molar-refractivity contribution in [2.75, 3.05) is 5.43 Å². The van der Waals surface area contributed by atoms with Crippen LogP contribution in [0.2, 0.25) is 0 Å². The van der Waals surface area contributed by atoms with Crippen LogP contribution in [0.5, 0.6) is 0 Å². The van der Waals surface area contributed by atoms with Gasteiger partial charge in [-0.15, -0.1) is 0 Å². The molecule has 0 radical (unpaired) electrons. The first-order valence-corrected chi connectivity index (χ1v) is 6.94. The van der Waals surface area contributed by atoms with Crippen LogP contribution in [-0.4, -0.2) is 11.2 Å². The molecule has 0 atom stereocenters. The molecule has 0 saturated heterocycles. The smallest absolute Gasteiger partial charge is 0.252 e. The summed E-state index contributed by atoms with van der Waals surface area (Å²) in [5.41, 5.74) is 2.92. The third-order valence-electron chi connectivity index (χ3n) is 3.20. The summed E-state index contributed by atoms with van der Waals surface area (Å²) in [6.45, 7) is 5.99. The van der Waals surface area contributed by atoms with Gasteiger partial charge in [-0.25, -0.2) is 10.4 Å². The van der Waals surface area contributed by atoms with Gasteiger partial charge < -0.3 is 8.83 Å². The Labute approximate surface area is 123 Å². The number of hydrogen-bond donors (Lipinski definition) is 1. The first-order valence-electron chi connectivity index (χ1n) is 6.94. The van der Waals surface area contributed by atoms with Gasteiger partial charge in [-0.3, -0.25) is 0 Å². The number of aryl methyl sites for hydroxylation is 1. The molecule has 110 valence electrons. The van der Waals surface area contributed by atoms with Crippen LogP contribution in [0.15, 0.2) is 26.1 Å². The summed E-state index contributed by atoms with van der Waals surface area (Å²) in [5, 5.41) is 13.1. The number of nitrogens with one attached hydrogen (secondary N) is 1. The molecule has 0 aliphatic rings. The Morgan fingerprint density at radius 3 is 2.71 bits per heavy atom. The lowest BCUT2D eigenvalue weighted by Gasteiger charge is -2.05. The molecule has 0 aromatic carbocycles. The summed E-state index contributed by atoms with van der Waals surface area (Å²) in [6, 6.07) is 5.66. The molecule has 2 heterocycles. The Balaban J connectivity index is 2.12. The molecule has 1 N–H and O–H groups in total. The van der Waals surface area contributed by atoms with Gasteiger partial charge in [0.05, 0.1) is 6.21 Å². The summed E-state index contributed by atoms with van der Waals surface area (Å²) >= 11 is 0. The zero-order chi connectivity index (χ0) is 15.2. The largest absolute Gasteiger partial charge is 0.460 e. The van der Waals surface area contributed by atoms with Crippen molar-refractivity contribution in [2.45, 2.75) is 39.5 Å². The van der Waals surface area contributed by atoms with Crippen molar-refractivity contribution >= 4 is 12.1 Å². The average molecular weight is 286 g/mol. The van der Waals surface area contributed by atoms with Crippen molar-refractivity contribution in [3.63, 3.8) is 0 Å². The molecule has 0 saturated carbocycles. The summed E-state index contributed by atoms with van der Waals surface area (Å²) in [4.78, 5) is 4.21. The highest BCUT2D eigenvalue weighted by molar-refractivity contribution is 5.76. The van der Waals surface area contributed by atoms with E-state index in [1.165, 1.54) is 6.21 Å². The SMILES string of the molecule is CCC(CC)c1nc(C#N)c(N/N=C/c2ccc(C)o2)o1. The standard InChI is InChI=1S/C15H18N4O2/c1-4-11(5-2)14-18-13(8-16)15(21-14)19-17-9-12-7-6-10(3)20-12/h6-7,9,11,19H,4-5H2,1-3H3/b17-9+. The van der Waals surface area contributed by atoms with Gasteiger partial charge in [0.15, 0.2) is 0 Å².